The van der Waals surface area contributed by atoms with Crippen LogP contribution < -0.4 is 9.47 Å². The first-order valence-corrected chi connectivity index (χ1v) is 8.12. The lowest BCUT2D eigenvalue weighted by Crippen LogP contribution is -2.60. The highest BCUT2D eigenvalue weighted by atomic mass is 16.7. The number of ether oxygens (including phenoxy) is 2. The molecule has 1 aliphatic carbocycles. The molecular formula is C17H21NO4. The molecule has 1 saturated carbocycles. The van der Waals surface area contributed by atoms with E-state index in [4.69, 9.17) is 9.47 Å². The molecule has 5 nitrogen and oxygen atoms in total. The summed E-state index contributed by atoms with van der Waals surface area (Å²) >= 11 is 0. The second-order valence-electron chi connectivity index (χ2n) is 7.37. The van der Waals surface area contributed by atoms with E-state index in [0.29, 0.717) is 18.4 Å². The fourth-order valence-electron chi connectivity index (χ4n) is 5.10. The van der Waals surface area contributed by atoms with E-state index in [2.05, 4.69) is 11.0 Å². The van der Waals surface area contributed by atoms with Gasteiger partial charge in [-0.1, -0.05) is 0 Å². The molecule has 0 bridgehead atoms. The molecule has 3 aliphatic heterocycles. The monoisotopic (exact) mass is 303 g/mol. The fraction of sp³-hybridized carbons (Fsp3) is 0.647. The first-order valence-electron chi connectivity index (χ1n) is 8.12. The molecule has 1 aromatic rings. The van der Waals surface area contributed by atoms with Crippen LogP contribution in [0.25, 0.3) is 0 Å². The van der Waals surface area contributed by atoms with Crippen molar-refractivity contribution in [1.29, 1.82) is 0 Å². The van der Waals surface area contributed by atoms with Crippen LogP contribution in [0, 0.1) is 5.92 Å². The molecule has 3 heterocycles. The predicted octanol–water partition coefficient (Wildman–Crippen LogP) is 1.22. The molecule has 0 radical (unpaired) electrons. The van der Waals surface area contributed by atoms with Crippen molar-refractivity contribution < 1.29 is 19.7 Å². The molecule has 5 atom stereocenters. The lowest BCUT2D eigenvalue weighted by atomic mass is 9.62. The van der Waals surface area contributed by atoms with Gasteiger partial charge in [0.05, 0.1) is 11.7 Å². The smallest absolute Gasteiger partial charge is 0.231 e. The third-order valence-electron chi connectivity index (χ3n) is 6.21. The minimum Gasteiger partial charge on any atom is -0.454 e. The first kappa shape index (κ1) is 13.2. The summed E-state index contributed by atoms with van der Waals surface area (Å²) in [4.78, 5) is 2.47. The average Bonchev–Trinajstić information content (AvgIpc) is 3.08. The lowest BCUT2D eigenvalue weighted by molar-refractivity contribution is -0.134. The Kier molecular flexibility index (Phi) is 2.49. The molecule has 0 aromatic heterocycles. The highest BCUT2D eigenvalue weighted by Crippen LogP contribution is 2.54. The van der Waals surface area contributed by atoms with Gasteiger partial charge in [0.1, 0.15) is 0 Å². The quantitative estimate of drug-likeness (QED) is 0.754. The average molecular weight is 303 g/mol. The molecule has 22 heavy (non-hydrogen) atoms. The van der Waals surface area contributed by atoms with E-state index in [9.17, 15) is 10.2 Å². The predicted molar refractivity (Wildman–Crippen MR) is 78.9 cm³/mol. The van der Waals surface area contributed by atoms with Crippen molar-refractivity contribution in [3.8, 4) is 11.5 Å². The zero-order valence-corrected chi connectivity index (χ0v) is 12.7. The standard InChI is InChI=1S/C17H21NO4/c1-17(20)14(19)5-9-2-3-18-7-10-4-12-13(22-8-21-12)6-11(10)15(17)16(9)18/h4,6,9,14-16,19-20H,2-3,5,7-8H2,1H3/t9?,14-,15-,16+,17-/m0/s1. The van der Waals surface area contributed by atoms with Gasteiger partial charge in [-0.3, -0.25) is 4.90 Å². The molecule has 2 N–H and O–H groups in total. The van der Waals surface area contributed by atoms with Gasteiger partial charge in [-0.2, -0.15) is 0 Å². The molecule has 0 spiro atoms. The molecule has 5 rings (SSSR count). The summed E-state index contributed by atoms with van der Waals surface area (Å²) < 4.78 is 11.0. The van der Waals surface area contributed by atoms with Crippen molar-refractivity contribution in [2.24, 2.45) is 5.92 Å². The van der Waals surface area contributed by atoms with E-state index in [1.807, 2.05) is 6.07 Å². The Morgan fingerprint density at radius 3 is 2.86 bits per heavy atom. The van der Waals surface area contributed by atoms with E-state index in [0.717, 1.165) is 36.6 Å². The van der Waals surface area contributed by atoms with Crippen LogP contribution >= 0.6 is 0 Å². The Labute approximate surface area is 129 Å². The molecule has 5 heteroatoms. The number of rotatable bonds is 0. The van der Waals surface area contributed by atoms with Crippen LogP contribution in [0.3, 0.4) is 0 Å². The summed E-state index contributed by atoms with van der Waals surface area (Å²) in [6.07, 6.45) is 1.13. The van der Waals surface area contributed by atoms with E-state index >= 15 is 0 Å². The lowest BCUT2D eigenvalue weighted by Gasteiger charge is -2.52. The second kappa shape index (κ2) is 4.16. The zero-order chi connectivity index (χ0) is 15.1. The van der Waals surface area contributed by atoms with Gasteiger partial charge in [-0.15, -0.1) is 0 Å². The minimum atomic E-state index is -1.10. The van der Waals surface area contributed by atoms with Gasteiger partial charge in [0, 0.05) is 18.5 Å². The molecule has 4 aliphatic rings. The Bertz CT molecular complexity index is 644. The maximum Gasteiger partial charge on any atom is 0.231 e. The summed E-state index contributed by atoms with van der Waals surface area (Å²) in [6, 6.07) is 4.41. The van der Waals surface area contributed by atoms with Gasteiger partial charge >= 0.3 is 0 Å². The molecule has 2 fully saturated rings. The van der Waals surface area contributed by atoms with Gasteiger partial charge in [0.15, 0.2) is 11.5 Å². The summed E-state index contributed by atoms with van der Waals surface area (Å²) in [5.41, 5.74) is 1.22. The largest absolute Gasteiger partial charge is 0.454 e. The minimum absolute atomic E-state index is 0.0676. The SMILES string of the molecule is C[C@]1(O)[C@@H](O)CC2CCN3Cc4cc5c(cc4[C@H]1[C@@H]23)OCO5. The molecule has 1 aromatic carbocycles. The van der Waals surface area contributed by atoms with Crippen LogP contribution in [0.15, 0.2) is 12.1 Å². The number of nitrogens with zero attached hydrogens (tertiary/aromatic N) is 1. The zero-order valence-electron chi connectivity index (χ0n) is 12.7. The number of hydrogen-bond donors (Lipinski definition) is 2. The van der Waals surface area contributed by atoms with Crippen molar-refractivity contribution in [3.63, 3.8) is 0 Å². The van der Waals surface area contributed by atoms with Crippen LogP contribution in [-0.2, 0) is 6.54 Å². The first-order chi connectivity index (χ1) is 10.6. The molecule has 118 valence electrons. The van der Waals surface area contributed by atoms with Crippen LogP contribution in [0.5, 0.6) is 11.5 Å². The topological polar surface area (TPSA) is 62.2 Å². The Morgan fingerprint density at radius 1 is 1.27 bits per heavy atom. The highest BCUT2D eigenvalue weighted by Gasteiger charge is 2.57. The maximum atomic E-state index is 11.0. The summed E-state index contributed by atoms with van der Waals surface area (Å²) in [5, 5.41) is 21.5. The third-order valence-corrected chi connectivity index (χ3v) is 6.21. The molecular weight excluding hydrogens is 282 g/mol. The summed E-state index contributed by atoms with van der Waals surface area (Å²) in [5.74, 6) is 1.96. The van der Waals surface area contributed by atoms with Gasteiger partial charge < -0.3 is 19.7 Å². The Balaban J connectivity index is 1.70. The van der Waals surface area contributed by atoms with Crippen LogP contribution in [0.4, 0.5) is 0 Å². The van der Waals surface area contributed by atoms with Crippen molar-refractivity contribution in [2.75, 3.05) is 13.3 Å². The molecule has 1 saturated heterocycles. The third kappa shape index (κ3) is 1.54. The number of fused-ring (bicyclic) bond motifs is 3. The van der Waals surface area contributed by atoms with E-state index in [1.54, 1.807) is 6.92 Å². The molecule has 0 amide bonds. The summed E-state index contributed by atoms with van der Waals surface area (Å²) in [6.45, 7) is 3.99. The van der Waals surface area contributed by atoms with Gasteiger partial charge in [-0.05, 0) is 55.5 Å². The van der Waals surface area contributed by atoms with Crippen molar-refractivity contribution in [3.05, 3.63) is 23.3 Å². The van der Waals surface area contributed by atoms with Gasteiger partial charge in [-0.25, -0.2) is 0 Å². The number of hydrogen-bond acceptors (Lipinski definition) is 5. The normalized spacial score (nSPS) is 42.1. The fourth-order valence-corrected chi connectivity index (χ4v) is 5.10. The molecule has 1 unspecified atom stereocenters. The number of aliphatic hydroxyl groups is 2. The Morgan fingerprint density at radius 2 is 2.05 bits per heavy atom. The van der Waals surface area contributed by atoms with Crippen molar-refractivity contribution in [1.82, 2.24) is 4.90 Å². The van der Waals surface area contributed by atoms with E-state index in [-0.39, 0.29) is 12.7 Å². The van der Waals surface area contributed by atoms with E-state index < -0.39 is 11.7 Å². The van der Waals surface area contributed by atoms with Crippen molar-refractivity contribution >= 4 is 0 Å². The van der Waals surface area contributed by atoms with Crippen LogP contribution in [0.1, 0.15) is 36.8 Å². The Hall–Kier alpha value is -1.30. The van der Waals surface area contributed by atoms with Crippen LogP contribution in [0.2, 0.25) is 0 Å². The highest BCUT2D eigenvalue weighted by molar-refractivity contribution is 5.52. The van der Waals surface area contributed by atoms with Gasteiger partial charge in [0.25, 0.3) is 0 Å². The van der Waals surface area contributed by atoms with Crippen LogP contribution in [-0.4, -0.2) is 46.2 Å². The maximum absolute atomic E-state index is 11.0. The second-order valence-corrected chi connectivity index (χ2v) is 7.37. The number of aliphatic hydroxyl groups excluding tert-OH is 1. The van der Waals surface area contributed by atoms with E-state index in [1.165, 1.54) is 5.56 Å². The van der Waals surface area contributed by atoms with Crippen molar-refractivity contribution in [2.45, 2.75) is 50.0 Å². The number of benzene rings is 1. The van der Waals surface area contributed by atoms with Gasteiger partial charge in [0.2, 0.25) is 6.79 Å². The summed E-state index contributed by atoms with van der Waals surface area (Å²) in [7, 11) is 0.